The van der Waals surface area contributed by atoms with Crippen molar-refractivity contribution >= 4 is 29.6 Å². The molecule has 0 heterocycles. The largest absolute Gasteiger partial charge is 0.466 e. The Bertz CT molecular complexity index is 573. The van der Waals surface area contributed by atoms with Gasteiger partial charge in [-0.15, -0.1) is 11.8 Å². The summed E-state index contributed by atoms with van der Waals surface area (Å²) in [5.41, 5.74) is 0.311. The van der Waals surface area contributed by atoms with E-state index in [1.165, 1.54) is 25.8 Å². The van der Waals surface area contributed by atoms with Crippen molar-refractivity contribution in [2.24, 2.45) is 0 Å². The zero-order chi connectivity index (χ0) is 17.4. The number of rotatable bonds is 7. The molecule has 6 nitrogen and oxygen atoms in total. The first-order valence-corrected chi connectivity index (χ1v) is 8.13. The maximum Gasteiger partial charge on any atom is 0.346 e. The highest BCUT2D eigenvalue weighted by Crippen LogP contribution is 2.23. The van der Waals surface area contributed by atoms with Gasteiger partial charge in [-0.2, -0.15) is 0 Å². The van der Waals surface area contributed by atoms with Crippen molar-refractivity contribution in [2.45, 2.75) is 37.8 Å². The molecule has 0 saturated heterocycles. The molecule has 1 atom stereocenters. The lowest BCUT2D eigenvalue weighted by atomic mass is 10.2. The van der Waals surface area contributed by atoms with Crippen LogP contribution in [0.1, 0.15) is 31.1 Å². The van der Waals surface area contributed by atoms with E-state index in [2.05, 4.69) is 10.1 Å². The Morgan fingerprint density at radius 1 is 1.17 bits per heavy atom. The molecule has 1 N–H and O–H groups in total. The molecule has 0 aliphatic heterocycles. The minimum atomic E-state index is -0.991. The minimum absolute atomic E-state index is 0.0595. The summed E-state index contributed by atoms with van der Waals surface area (Å²) >= 11 is 1.24. The Labute approximate surface area is 139 Å². The first-order valence-electron chi connectivity index (χ1n) is 7.15. The summed E-state index contributed by atoms with van der Waals surface area (Å²) in [5, 5.41) is 2.78. The third kappa shape index (κ3) is 6.32. The quantitative estimate of drug-likeness (QED) is 0.604. The van der Waals surface area contributed by atoms with Crippen LogP contribution in [0, 0.1) is 0 Å². The third-order valence-electron chi connectivity index (χ3n) is 2.73. The average molecular weight is 339 g/mol. The molecule has 0 fully saturated rings. The van der Waals surface area contributed by atoms with Crippen LogP contribution in [-0.4, -0.2) is 42.9 Å². The Morgan fingerprint density at radius 3 is 2.43 bits per heavy atom. The molecule has 0 spiro atoms. The third-order valence-corrected chi connectivity index (χ3v) is 3.81. The molecule has 1 unspecified atom stereocenters. The van der Waals surface area contributed by atoms with Gasteiger partial charge < -0.3 is 14.8 Å². The van der Waals surface area contributed by atoms with E-state index in [0.717, 1.165) is 0 Å². The molecule has 0 aromatic heterocycles. The van der Waals surface area contributed by atoms with Crippen molar-refractivity contribution in [1.29, 1.82) is 0 Å². The van der Waals surface area contributed by atoms with Crippen LogP contribution in [0.4, 0.5) is 0 Å². The number of methoxy groups -OCH3 is 1. The van der Waals surface area contributed by atoms with Gasteiger partial charge in [-0.25, -0.2) is 9.59 Å². The lowest BCUT2D eigenvalue weighted by molar-refractivity contribution is -0.149. The highest BCUT2D eigenvalue weighted by atomic mass is 32.2. The topological polar surface area (TPSA) is 81.7 Å². The number of benzene rings is 1. The fraction of sp³-hybridized carbons (Fsp3) is 0.438. The number of esters is 2. The van der Waals surface area contributed by atoms with Crippen molar-refractivity contribution in [3.8, 4) is 0 Å². The number of carbonyl (C=O) groups is 3. The van der Waals surface area contributed by atoms with Gasteiger partial charge >= 0.3 is 11.9 Å². The number of carbonyl (C=O) groups excluding carboxylic acids is 3. The Hall–Kier alpha value is -2.02. The van der Waals surface area contributed by atoms with Crippen LogP contribution in [0.2, 0.25) is 0 Å². The molecule has 0 bridgehead atoms. The highest BCUT2D eigenvalue weighted by molar-refractivity contribution is 8.00. The van der Waals surface area contributed by atoms with Crippen molar-refractivity contribution in [2.75, 3.05) is 12.9 Å². The smallest absolute Gasteiger partial charge is 0.346 e. The van der Waals surface area contributed by atoms with E-state index >= 15 is 0 Å². The van der Waals surface area contributed by atoms with Crippen LogP contribution in [0.3, 0.4) is 0 Å². The van der Waals surface area contributed by atoms with Gasteiger partial charge in [0.2, 0.25) is 5.91 Å². The van der Waals surface area contributed by atoms with E-state index in [1.807, 2.05) is 13.8 Å². The first kappa shape index (κ1) is 19.0. The van der Waals surface area contributed by atoms with Gasteiger partial charge in [0.15, 0.2) is 6.10 Å². The number of hydrogen-bond acceptors (Lipinski definition) is 6. The van der Waals surface area contributed by atoms with Crippen LogP contribution in [-0.2, 0) is 19.1 Å². The molecule has 1 amide bonds. The molecule has 1 rings (SSSR count). The zero-order valence-corrected chi connectivity index (χ0v) is 14.4. The van der Waals surface area contributed by atoms with Gasteiger partial charge in [0, 0.05) is 10.9 Å². The molecule has 126 valence electrons. The fourth-order valence-electron chi connectivity index (χ4n) is 1.71. The van der Waals surface area contributed by atoms with Crippen LogP contribution >= 0.6 is 11.8 Å². The van der Waals surface area contributed by atoms with Crippen molar-refractivity contribution in [1.82, 2.24) is 5.32 Å². The first-order chi connectivity index (χ1) is 10.8. The van der Waals surface area contributed by atoms with E-state index in [1.54, 1.807) is 24.3 Å². The van der Waals surface area contributed by atoms with Crippen LogP contribution in [0.15, 0.2) is 29.2 Å². The van der Waals surface area contributed by atoms with Gasteiger partial charge in [0.1, 0.15) is 0 Å². The minimum Gasteiger partial charge on any atom is -0.466 e. The zero-order valence-electron chi connectivity index (χ0n) is 13.6. The molecule has 0 saturated carbocycles. The molecular weight excluding hydrogens is 318 g/mol. The van der Waals surface area contributed by atoms with E-state index in [4.69, 9.17) is 4.74 Å². The maximum atomic E-state index is 12.2. The SMILES string of the molecule is COC(=O)C(C)OC(=O)c1ccccc1SCC(=O)NC(C)C. The summed E-state index contributed by atoms with van der Waals surface area (Å²) in [4.78, 5) is 35.8. The molecule has 7 heteroatoms. The van der Waals surface area contributed by atoms with E-state index in [0.29, 0.717) is 10.5 Å². The van der Waals surface area contributed by atoms with Gasteiger partial charge in [-0.3, -0.25) is 4.79 Å². The lowest BCUT2D eigenvalue weighted by Crippen LogP contribution is -2.31. The summed E-state index contributed by atoms with van der Waals surface area (Å²) in [6.45, 7) is 5.19. The van der Waals surface area contributed by atoms with Gasteiger partial charge in [0.05, 0.1) is 18.4 Å². The summed E-state index contributed by atoms with van der Waals surface area (Å²) in [6, 6.07) is 6.84. The number of ether oxygens (including phenoxy) is 2. The van der Waals surface area contributed by atoms with Crippen molar-refractivity contribution in [3.05, 3.63) is 29.8 Å². The summed E-state index contributed by atoms with van der Waals surface area (Å²) in [5.74, 6) is -1.18. The van der Waals surface area contributed by atoms with Crippen molar-refractivity contribution < 1.29 is 23.9 Å². The number of hydrogen-bond donors (Lipinski definition) is 1. The molecule has 23 heavy (non-hydrogen) atoms. The summed E-state index contributed by atoms with van der Waals surface area (Å²) in [7, 11) is 1.23. The second-order valence-electron chi connectivity index (χ2n) is 5.08. The molecule has 0 radical (unpaired) electrons. The van der Waals surface area contributed by atoms with E-state index in [-0.39, 0.29) is 17.7 Å². The van der Waals surface area contributed by atoms with Gasteiger partial charge in [0.25, 0.3) is 0 Å². The summed E-state index contributed by atoms with van der Waals surface area (Å²) < 4.78 is 9.59. The lowest BCUT2D eigenvalue weighted by Gasteiger charge is -2.13. The predicted molar refractivity (Wildman–Crippen MR) is 87.3 cm³/mol. The van der Waals surface area contributed by atoms with E-state index in [9.17, 15) is 14.4 Å². The predicted octanol–water partition coefficient (Wildman–Crippen LogP) is 2.02. The fourth-order valence-corrected chi connectivity index (χ4v) is 2.56. The van der Waals surface area contributed by atoms with Gasteiger partial charge in [-0.05, 0) is 32.9 Å². The van der Waals surface area contributed by atoms with Gasteiger partial charge in [-0.1, -0.05) is 12.1 Å². The number of thioether (sulfide) groups is 1. The molecule has 0 aliphatic rings. The molecule has 1 aromatic rings. The average Bonchev–Trinajstić information content (AvgIpc) is 2.51. The Morgan fingerprint density at radius 2 is 1.83 bits per heavy atom. The Kier molecular flexibility index (Phi) is 7.61. The van der Waals surface area contributed by atoms with E-state index < -0.39 is 18.0 Å². The molecular formula is C16H21NO5S. The van der Waals surface area contributed by atoms with Crippen LogP contribution in [0.5, 0.6) is 0 Å². The number of nitrogens with one attached hydrogen (secondary N) is 1. The second kappa shape index (κ2) is 9.19. The standard InChI is InChI=1S/C16H21NO5S/c1-10(2)17-14(18)9-23-13-8-6-5-7-12(13)16(20)22-11(3)15(19)21-4/h5-8,10-11H,9H2,1-4H3,(H,17,18). The number of amides is 1. The molecule has 0 aliphatic carbocycles. The van der Waals surface area contributed by atoms with Crippen molar-refractivity contribution in [3.63, 3.8) is 0 Å². The van der Waals surface area contributed by atoms with Crippen LogP contribution in [0.25, 0.3) is 0 Å². The van der Waals surface area contributed by atoms with Crippen LogP contribution < -0.4 is 5.32 Å². The second-order valence-corrected chi connectivity index (χ2v) is 6.09. The highest BCUT2D eigenvalue weighted by Gasteiger charge is 2.21. The summed E-state index contributed by atoms with van der Waals surface area (Å²) in [6.07, 6.45) is -0.991. The Balaban J connectivity index is 2.75. The molecule has 1 aromatic carbocycles. The maximum absolute atomic E-state index is 12.2. The normalized spacial score (nSPS) is 11.7. The monoisotopic (exact) mass is 339 g/mol.